The van der Waals surface area contributed by atoms with Gasteiger partial charge in [0.25, 0.3) is 5.56 Å². The van der Waals surface area contributed by atoms with E-state index in [1.165, 1.54) is 17.3 Å². The standard InChI is InChI=1S/C29H29N5OS/c1-4-5-15-27-30-29(35)28(21(3)33(27)20(2)22-11-7-6-8-12-22)36-24-18-16-23(17-19-24)34-26-14-10-9-13-25(26)31-32-34/h6-14,16-20H,4-5,15H2,1-3H3/t20-/m0/s1. The SMILES string of the molecule is CCCCc1nc(=O)c(Sc2ccc(-n3nnc4ccccc43)cc2)c(C)n1[C@@H](C)c1ccccc1. The molecule has 6 nitrogen and oxygen atoms in total. The van der Waals surface area contributed by atoms with E-state index in [0.717, 1.165) is 52.4 Å². The van der Waals surface area contributed by atoms with Crippen molar-refractivity contribution in [2.75, 3.05) is 0 Å². The summed E-state index contributed by atoms with van der Waals surface area (Å²) in [6.07, 6.45) is 2.84. The van der Waals surface area contributed by atoms with Crippen LogP contribution in [-0.4, -0.2) is 24.5 Å². The molecule has 182 valence electrons. The fourth-order valence-corrected chi connectivity index (χ4v) is 5.42. The average molecular weight is 496 g/mol. The third-order valence-electron chi connectivity index (χ3n) is 6.47. The summed E-state index contributed by atoms with van der Waals surface area (Å²) >= 11 is 1.47. The van der Waals surface area contributed by atoms with Gasteiger partial charge in [0.05, 0.1) is 22.1 Å². The highest BCUT2D eigenvalue weighted by molar-refractivity contribution is 7.99. The molecule has 0 radical (unpaired) electrons. The molecule has 36 heavy (non-hydrogen) atoms. The molecule has 0 aliphatic rings. The fourth-order valence-electron chi connectivity index (χ4n) is 4.54. The van der Waals surface area contributed by atoms with Crippen LogP contribution in [0.4, 0.5) is 0 Å². The molecule has 0 unspecified atom stereocenters. The molecule has 1 atom stereocenters. The van der Waals surface area contributed by atoms with Gasteiger partial charge in [-0.25, -0.2) is 4.68 Å². The minimum atomic E-state index is -0.161. The lowest BCUT2D eigenvalue weighted by Crippen LogP contribution is -2.25. The number of nitrogens with zero attached hydrogens (tertiary/aromatic N) is 5. The summed E-state index contributed by atoms with van der Waals surface area (Å²) in [6.45, 7) is 6.37. The maximum absolute atomic E-state index is 13.2. The summed E-state index contributed by atoms with van der Waals surface area (Å²) in [5, 5.41) is 8.54. The molecule has 0 saturated carbocycles. The minimum Gasteiger partial charge on any atom is -0.325 e. The molecule has 0 saturated heterocycles. The Morgan fingerprint density at radius 3 is 2.42 bits per heavy atom. The molecule has 5 rings (SSSR count). The van der Waals surface area contributed by atoms with E-state index < -0.39 is 0 Å². The molecule has 7 heteroatoms. The van der Waals surface area contributed by atoms with Crippen molar-refractivity contribution in [1.82, 2.24) is 24.5 Å². The van der Waals surface area contributed by atoms with Crippen molar-refractivity contribution < 1.29 is 0 Å². The van der Waals surface area contributed by atoms with Crippen LogP contribution in [0.1, 0.15) is 49.8 Å². The van der Waals surface area contributed by atoms with Crippen LogP contribution in [0.25, 0.3) is 16.7 Å². The molecular weight excluding hydrogens is 466 g/mol. The van der Waals surface area contributed by atoms with E-state index >= 15 is 0 Å². The molecule has 2 aromatic heterocycles. The smallest absolute Gasteiger partial charge is 0.287 e. The van der Waals surface area contributed by atoms with Crippen molar-refractivity contribution in [2.45, 2.75) is 55.9 Å². The van der Waals surface area contributed by atoms with Crippen LogP contribution in [0.15, 0.2) is 93.4 Å². The van der Waals surface area contributed by atoms with Gasteiger partial charge in [0.15, 0.2) is 0 Å². The van der Waals surface area contributed by atoms with Crippen LogP contribution >= 0.6 is 11.8 Å². The summed E-state index contributed by atoms with van der Waals surface area (Å²) < 4.78 is 4.07. The van der Waals surface area contributed by atoms with E-state index in [-0.39, 0.29) is 11.6 Å². The van der Waals surface area contributed by atoms with Crippen molar-refractivity contribution >= 4 is 22.8 Å². The number of unbranched alkanes of at least 4 members (excludes halogenated alkanes) is 1. The topological polar surface area (TPSA) is 65.6 Å². The van der Waals surface area contributed by atoms with E-state index in [4.69, 9.17) is 0 Å². The van der Waals surface area contributed by atoms with E-state index in [0.29, 0.717) is 4.90 Å². The molecule has 0 aliphatic carbocycles. The van der Waals surface area contributed by atoms with Crippen molar-refractivity contribution in [1.29, 1.82) is 0 Å². The predicted molar refractivity (Wildman–Crippen MR) is 145 cm³/mol. The summed E-state index contributed by atoms with van der Waals surface area (Å²) in [5.74, 6) is 0.855. The number of benzene rings is 3. The third-order valence-corrected chi connectivity index (χ3v) is 7.65. The molecule has 0 bridgehead atoms. The maximum Gasteiger partial charge on any atom is 0.287 e. The minimum absolute atomic E-state index is 0.0773. The monoisotopic (exact) mass is 495 g/mol. The molecular formula is C29H29N5OS. The number of para-hydroxylation sites is 1. The van der Waals surface area contributed by atoms with Gasteiger partial charge in [-0.2, -0.15) is 4.98 Å². The Bertz CT molecular complexity index is 1540. The second kappa shape index (κ2) is 10.5. The van der Waals surface area contributed by atoms with Gasteiger partial charge in [0.1, 0.15) is 11.3 Å². The van der Waals surface area contributed by atoms with Crippen LogP contribution < -0.4 is 5.56 Å². The number of rotatable bonds is 8. The van der Waals surface area contributed by atoms with Crippen LogP contribution in [0.5, 0.6) is 0 Å². The highest BCUT2D eigenvalue weighted by Gasteiger charge is 2.20. The van der Waals surface area contributed by atoms with Gasteiger partial charge in [-0.15, -0.1) is 5.10 Å². The van der Waals surface area contributed by atoms with Crippen molar-refractivity contribution in [3.05, 3.63) is 106 Å². The normalized spacial score (nSPS) is 12.2. The van der Waals surface area contributed by atoms with E-state index in [9.17, 15) is 4.79 Å². The van der Waals surface area contributed by atoms with Gasteiger partial charge in [0.2, 0.25) is 0 Å². The molecule has 0 N–H and O–H groups in total. The van der Waals surface area contributed by atoms with E-state index in [2.05, 4.69) is 58.0 Å². The Morgan fingerprint density at radius 2 is 1.67 bits per heavy atom. The first kappa shape index (κ1) is 24.0. The number of aromatic nitrogens is 5. The first-order valence-corrected chi connectivity index (χ1v) is 13.1. The summed E-state index contributed by atoms with van der Waals surface area (Å²) in [7, 11) is 0. The van der Waals surface area contributed by atoms with Crippen LogP contribution in [0, 0.1) is 6.92 Å². The van der Waals surface area contributed by atoms with Crippen molar-refractivity contribution in [2.24, 2.45) is 0 Å². The summed E-state index contributed by atoms with van der Waals surface area (Å²) in [6, 6.07) is 26.4. The quantitative estimate of drug-likeness (QED) is 0.250. The second-order valence-corrected chi connectivity index (χ2v) is 9.98. The molecule has 2 heterocycles. The van der Waals surface area contributed by atoms with E-state index in [1.807, 2.05) is 66.2 Å². The Labute approximate surface area is 215 Å². The third kappa shape index (κ3) is 4.71. The van der Waals surface area contributed by atoms with Gasteiger partial charge < -0.3 is 4.57 Å². The number of fused-ring (bicyclic) bond motifs is 1. The number of hydrogen-bond donors (Lipinski definition) is 0. The second-order valence-electron chi connectivity index (χ2n) is 8.89. The highest BCUT2D eigenvalue weighted by atomic mass is 32.2. The van der Waals surface area contributed by atoms with E-state index in [1.54, 1.807) is 0 Å². The Balaban J connectivity index is 1.49. The zero-order chi connectivity index (χ0) is 25.1. The fraction of sp³-hybridized carbons (Fsp3) is 0.241. The molecule has 3 aromatic carbocycles. The van der Waals surface area contributed by atoms with Crippen LogP contribution in [0.3, 0.4) is 0 Å². The Morgan fingerprint density at radius 1 is 0.944 bits per heavy atom. The zero-order valence-electron chi connectivity index (χ0n) is 20.8. The first-order valence-electron chi connectivity index (χ1n) is 12.3. The molecule has 0 amide bonds. The lowest BCUT2D eigenvalue weighted by molar-refractivity contribution is 0.541. The molecule has 0 spiro atoms. The van der Waals surface area contributed by atoms with Gasteiger partial charge in [-0.1, -0.05) is 72.8 Å². The molecule has 0 aliphatic heterocycles. The average Bonchev–Trinajstić information content (AvgIpc) is 3.34. The Kier molecular flexibility index (Phi) is 7.00. The highest BCUT2D eigenvalue weighted by Crippen LogP contribution is 2.31. The van der Waals surface area contributed by atoms with Gasteiger partial charge in [-0.3, -0.25) is 4.79 Å². The zero-order valence-corrected chi connectivity index (χ0v) is 21.6. The van der Waals surface area contributed by atoms with Crippen LogP contribution in [-0.2, 0) is 6.42 Å². The van der Waals surface area contributed by atoms with Crippen molar-refractivity contribution in [3.63, 3.8) is 0 Å². The number of hydrogen-bond acceptors (Lipinski definition) is 5. The molecule has 5 aromatic rings. The predicted octanol–water partition coefficient (Wildman–Crippen LogP) is 6.39. The van der Waals surface area contributed by atoms with Crippen molar-refractivity contribution in [3.8, 4) is 5.69 Å². The maximum atomic E-state index is 13.2. The summed E-state index contributed by atoms with van der Waals surface area (Å²) in [5.41, 5.74) is 4.73. The van der Waals surface area contributed by atoms with Gasteiger partial charge in [-0.05, 0) is 62.2 Å². The first-order chi connectivity index (χ1) is 17.6. The molecule has 0 fully saturated rings. The Hall–Kier alpha value is -3.71. The number of aryl methyl sites for hydroxylation is 1. The summed E-state index contributed by atoms with van der Waals surface area (Å²) in [4.78, 5) is 19.4. The lowest BCUT2D eigenvalue weighted by atomic mass is 10.1. The largest absolute Gasteiger partial charge is 0.325 e. The van der Waals surface area contributed by atoms with Gasteiger partial charge >= 0.3 is 0 Å². The van der Waals surface area contributed by atoms with Crippen LogP contribution in [0.2, 0.25) is 0 Å². The lowest BCUT2D eigenvalue weighted by Gasteiger charge is -2.24. The van der Waals surface area contributed by atoms with Gasteiger partial charge in [0, 0.05) is 17.0 Å².